The lowest BCUT2D eigenvalue weighted by Gasteiger charge is -2.10. The Bertz CT molecular complexity index is 561. The molecule has 0 radical (unpaired) electrons. The van der Waals surface area contributed by atoms with Crippen LogP contribution >= 0.6 is 11.6 Å². The third-order valence-electron chi connectivity index (χ3n) is 2.56. The molecule has 2 rings (SSSR count). The van der Waals surface area contributed by atoms with Crippen molar-refractivity contribution in [2.24, 2.45) is 0 Å². The minimum absolute atomic E-state index is 0.311. The monoisotopic (exact) mass is 274 g/mol. The molecule has 0 unspecified atom stereocenters. The molecule has 1 heterocycles. The van der Waals surface area contributed by atoms with Gasteiger partial charge in [0.05, 0.1) is 22.5 Å². The number of aryl methyl sites for hydroxylation is 1. The van der Waals surface area contributed by atoms with E-state index in [1.165, 1.54) is 16.8 Å². The van der Waals surface area contributed by atoms with Crippen LogP contribution in [-0.4, -0.2) is 9.78 Å². The fourth-order valence-corrected chi connectivity index (χ4v) is 1.78. The molecule has 1 aromatic heterocycles. The molecule has 2 nitrogen and oxygen atoms in total. The fraction of sp³-hybridized carbons (Fsp3) is 0.250. The van der Waals surface area contributed by atoms with Crippen LogP contribution in [0.4, 0.5) is 13.2 Å². The van der Waals surface area contributed by atoms with Gasteiger partial charge in [-0.1, -0.05) is 18.5 Å². The summed E-state index contributed by atoms with van der Waals surface area (Å²) in [6.45, 7) is 1.95. The van der Waals surface area contributed by atoms with Crippen molar-refractivity contribution in [3.05, 3.63) is 46.7 Å². The van der Waals surface area contributed by atoms with Crippen LogP contribution in [0.3, 0.4) is 0 Å². The molecule has 6 heteroatoms. The topological polar surface area (TPSA) is 17.8 Å². The van der Waals surface area contributed by atoms with Crippen molar-refractivity contribution in [1.29, 1.82) is 0 Å². The first kappa shape index (κ1) is 13.0. The molecule has 0 aliphatic carbocycles. The molecular weight excluding hydrogens is 265 g/mol. The maximum Gasteiger partial charge on any atom is 0.417 e. The Balaban J connectivity index is 2.47. The molecule has 0 saturated carbocycles. The van der Waals surface area contributed by atoms with E-state index in [0.29, 0.717) is 5.69 Å². The summed E-state index contributed by atoms with van der Waals surface area (Å²) in [4.78, 5) is 0. The first-order valence-electron chi connectivity index (χ1n) is 5.32. The average molecular weight is 275 g/mol. The van der Waals surface area contributed by atoms with Gasteiger partial charge in [-0.25, -0.2) is 4.68 Å². The molecule has 1 aromatic carbocycles. The fourth-order valence-electron chi connectivity index (χ4n) is 1.56. The number of alkyl halides is 3. The summed E-state index contributed by atoms with van der Waals surface area (Å²) in [5.41, 5.74) is 0.445. The Hall–Kier alpha value is -1.49. The number of benzene rings is 1. The van der Waals surface area contributed by atoms with Crippen molar-refractivity contribution in [1.82, 2.24) is 9.78 Å². The zero-order valence-electron chi connectivity index (χ0n) is 9.50. The first-order chi connectivity index (χ1) is 8.41. The van der Waals surface area contributed by atoms with E-state index >= 15 is 0 Å². The minimum Gasteiger partial charge on any atom is -0.241 e. The molecule has 0 spiro atoms. The van der Waals surface area contributed by atoms with Crippen molar-refractivity contribution in [3.63, 3.8) is 0 Å². The summed E-state index contributed by atoms with van der Waals surface area (Å²) >= 11 is 5.55. The highest BCUT2D eigenvalue weighted by Crippen LogP contribution is 2.35. The van der Waals surface area contributed by atoms with E-state index in [1.807, 2.05) is 6.92 Å². The van der Waals surface area contributed by atoms with Crippen LogP contribution in [0, 0.1) is 0 Å². The van der Waals surface area contributed by atoms with Crippen LogP contribution in [-0.2, 0) is 12.6 Å². The molecule has 0 bridgehead atoms. The molecule has 0 aliphatic heterocycles. The number of aromatic nitrogens is 2. The molecule has 0 amide bonds. The maximum atomic E-state index is 12.7. The predicted octanol–water partition coefficient (Wildman–Crippen LogP) is 4.11. The lowest BCUT2D eigenvalue weighted by atomic mass is 10.2. The third kappa shape index (κ3) is 2.51. The van der Waals surface area contributed by atoms with Crippen molar-refractivity contribution >= 4 is 11.6 Å². The highest BCUT2D eigenvalue weighted by molar-refractivity contribution is 6.31. The number of hydrogen-bond donors (Lipinski definition) is 0. The first-order valence-corrected chi connectivity index (χ1v) is 5.70. The van der Waals surface area contributed by atoms with Gasteiger partial charge in [-0.3, -0.25) is 0 Å². The summed E-state index contributed by atoms with van der Waals surface area (Å²) in [7, 11) is 0. The Morgan fingerprint density at radius 2 is 2.06 bits per heavy atom. The third-order valence-corrected chi connectivity index (χ3v) is 2.89. The van der Waals surface area contributed by atoms with E-state index in [1.54, 1.807) is 12.4 Å². The van der Waals surface area contributed by atoms with Gasteiger partial charge in [0.25, 0.3) is 0 Å². The van der Waals surface area contributed by atoms with Crippen LogP contribution in [0.5, 0.6) is 0 Å². The van der Waals surface area contributed by atoms with Crippen LogP contribution in [0.25, 0.3) is 5.69 Å². The smallest absolute Gasteiger partial charge is 0.241 e. The Kier molecular flexibility index (Phi) is 3.34. The largest absolute Gasteiger partial charge is 0.417 e. The van der Waals surface area contributed by atoms with Gasteiger partial charge in [0.15, 0.2) is 0 Å². The number of halogens is 4. The van der Waals surface area contributed by atoms with Crippen molar-refractivity contribution in [3.8, 4) is 5.69 Å². The van der Waals surface area contributed by atoms with E-state index in [0.717, 1.165) is 18.1 Å². The van der Waals surface area contributed by atoms with Crippen LogP contribution < -0.4 is 0 Å². The van der Waals surface area contributed by atoms with Gasteiger partial charge >= 0.3 is 6.18 Å². The summed E-state index contributed by atoms with van der Waals surface area (Å²) in [5, 5.41) is 3.71. The number of nitrogens with zero attached hydrogens (tertiary/aromatic N) is 2. The maximum absolute atomic E-state index is 12.7. The summed E-state index contributed by atoms with van der Waals surface area (Å²) in [5.74, 6) is 0. The molecule has 0 aliphatic rings. The molecule has 0 saturated heterocycles. The van der Waals surface area contributed by atoms with Gasteiger partial charge in [-0.2, -0.15) is 18.3 Å². The van der Waals surface area contributed by atoms with E-state index in [9.17, 15) is 13.2 Å². The zero-order valence-corrected chi connectivity index (χ0v) is 10.3. The van der Waals surface area contributed by atoms with Gasteiger partial charge in [0, 0.05) is 6.20 Å². The van der Waals surface area contributed by atoms with Crippen LogP contribution in [0.1, 0.15) is 18.1 Å². The van der Waals surface area contributed by atoms with E-state index in [2.05, 4.69) is 5.10 Å². The molecule has 2 aromatic rings. The second-order valence-electron chi connectivity index (χ2n) is 3.81. The van der Waals surface area contributed by atoms with Crippen molar-refractivity contribution < 1.29 is 13.2 Å². The van der Waals surface area contributed by atoms with Gasteiger partial charge in [0.1, 0.15) is 0 Å². The SMILES string of the molecule is CCc1cnn(-c2ccc(Cl)c(C(F)(F)F)c2)c1. The van der Waals surface area contributed by atoms with Crippen LogP contribution in [0.15, 0.2) is 30.6 Å². The van der Waals surface area contributed by atoms with E-state index < -0.39 is 11.7 Å². The molecule has 18 heavy (non-hydrogen) atoms. The Morgan fingerprint density at radius 1 is 1.33 bits per heavy atom. The standard InChI is InChI=1S/C12H10ClF3N2/c1-2-8-6-17-18(7-8)9-3-4-11(13)10(5-9)12(14,15)16/h3-7H,2H2,1H3. The highest BCUT2D eigenvalue weighted by atomic mass is 35.5. The van der Waals surface area contributed by atoms with Crippen molar-refractivity contribution in [2.75, 3.05) is 0 Å². The van der Waals surface area contributed by atoms with Gasteiger partial charge in [-0.05, 0) is 30.2 Å². The summed E-state index contributed by atoms with van der Waals surface area (Å²) in [6, 6.07) is 3.73. The normalized spacial score (nSPS) is 11.8. The lowest BCUT2D eigenvalue weighted by Crippen LogP contribution is -2.07. The molecule has 96 valence electrons. The predicted molar refractivity (Wildman–Crippen MR) is 63.0 cm³/mol. The molecule has 0 fully saturated rings. The molecular formula is C12H10ClF3N2. The Morgan fingerprint density at radius 3 is 2.61 bits per heavy atom. The number of rotatable bonds is 2. The van der Waals surface area contributed by atoms with E-state index in [-0.39, 0.29) is 5.02 Å². The van der Waals surface area contributed by atoms with Gasteiger partial charge in [0.2, 0.25) is 0 Å². The van der Waals surface area contributed by atoms with Gasteiger partial charge < -0.3 is 0 Å². The second-order valence-corrected chi connectivity index (χ2v) is 4.22. The highest BCUT2D eigenvalue weighted by Gasteiger charge is 2.33. The second kappa shape index (κ2) is 4.65. The van der Waals surface area contributed by atoms with E-state index in [4.69, 9.17) is 11.6 Å². The molecule has 0 atom stereocenters. The lowest BCUT2D eigenvalue weighted by molar-refractivity contribution is -0.137. The summed E-state index contributed by atoms with van der Waals surface area (Å²) in [6.07, 6.45) is -0.362. The minimum atomic E-state index is -4.46. The Labute approximate surface area is 107 Å². The summed E-state index contributed by atoms with van der Waals surface area (Å²) < 4.78 is 39.5. The molecule has 0 N–H and O–H groups in total. The van der Waals surface area contributed by atoms with Crippen LogP contribution in [0.2, 0.25) is 5.02 Å². The van der Waals surface area contributed by atoms with Gasteiger partial charge in [-0.15, -0.1) is 0 Å². The quantitative estimate of drug-likeness (QED) is 0.806. The average Bonchev–Trinajstić information content (AvgIpc) is 2.76. The zero-order chi connectivity index (χ0) is 13.3. The number of hydrogen-bond acceptors (Lipinski definition) is 1. The van der Waals surface area contributed by atoms with Crippen molar-refractivity contribution in [2.45, 2.75) is 19.5 Å².